The molecule has 0 fully saturated rings. The van der Waals surface area contributed by atoms with Gasteiger partial charge in [0.25, 0.3) is 0 Å². The maximum atomic E-state index is 2.44. The molecule has 0 atom stereocenters. The molecule has 0 spiro atoms. The average molecular weight is 480 g/mol. The SMILES string of the molecule is C1=C\[Se][Se][Se][Se]CCCCCCCC/C=C/1. The quantitative estimate of drug-likeness (QED) is 0.469. The topological polar surface area (TPSA) is 0 Å². The minimum absolute atomic E-state index is 0.857. The van der Waals surface area contributed by atoms with Crippen molar-refractivity contribution in [3.63, 3.8) is 0 Å². The Labute approximate surface area is 121 Å². The first kappa shape index (κ1) is 15.6. The van der Waals surface area contributed by atoms with E-state index in [0.29, 0.717) is 0 Å². The summed E-state index contributed by atoms with van der Waals surface area (Å²) in [5.74, 6) is 0. The van der Waals surface area contributed by atoms with Crippen LogP contribution in [0.25, 0.3) is 0 Å². The monoisotopic (exact) mass is 484 g/mol. The van der Waals surface area contributed by atoms with Gasteiger partial charge < -0.3 is 0 Å². The molecule has 0 bridgehead atoms. The summed E-state index contributed by atoms with van der Waals surface area (Å²) in [6.45, 7) is 0. The zero-order chi connectivity index (χ0) is 11.3. The van der Waals surface area contributed by atoms with Crippen LogP contribution < -0.4 is 0 Å². The van der Waals surface area contributed by atoms with E-state index in [2.05, 4.69) is 23.2 Å². The Hall–Kier alpha value is 1.56. The summed E-state index contributed by atoms with van der Waals surface area (Å²) in [7, 11) is 0. The molecule has 0 saturated carbocycles. The van der Waals surface area contributed by atoms with Gasteiger partial charge in [-0.3, -0.25) is 0 Å². The fourth-order valence-electron chi connectivity index (χ4n) is 1.47. The molecule has 1 heterocycles. The molecule has 16 heavy (non-hydrogen) atoms. The van der Waals surface area contributed by atoms with E-state index in [4.69, 9.17) is 0 Å². The van der Waals surface area contributed by atoms with Crippen molar-refractivity contribution in [2.45, 2.75) is 50.3 Å². The van der Waals surface area contributed by atoms with Crippen molar-refractivity contribution in [1.29, 1.82) is 0 Å². The predicted octanol–water partition coefficient (Wildman–Crippen LogP) is 2.78. The van der Waals surface area contributed by atoms with Crippen LogP contribution in [-0.4, -0.2) is 48.9 Å². The molecule has 0 N–H and O–H groups in total. The van der Waals surface area contributed by atoms with Crippen molar-refractivity contribution in [3.05, 3.63) is 23.2 Å². The summed E-state index contributed by atoms with van der Waals surface area (Å²) >= 11 is 3.97. The van der Waals surface area contributed by atoms with Gasteiger partial charge in [0, 0.05) is 0 Å². The van der Waals surface area contributed by atoms with Gasteiger partial charge in [0.05, 0.1) is 0 Å². The van der Waals surface area contributed by atoms with Crippen LogP contribution in [0, 0.1) is 0 Å². The zero-order valence-corrected chi connectivity index (χ0v) is 16.5. The number of hydrogen-bond acceptors (Lipinski definition) is 0. The standard InChI is InChI=1S/C12H20Se4/c1-2-4-6-8-10-12-14-16-15-13-11-9-7-5-3-1/h5,7,9,11H,1-4,6,8,10,12H2/b7-5+,11-9-. The van der Waals surface area contributed by atoms with Gasteiger partial charge in [-0.05, 0) is 0 Å². The number of hydrogen-bond donors (Lipinski definition) is 0. The average Bonchev–Trinajstić information content (AvgIpc) is 2.29. The Morgan fingerprint density at radius 3 is 2.50 bits per heavy atom. The summed E-state index contributed by atoms with van der Waals surface area (Å²) in [5.41, 5.74) is 0. The molecule has 4 heteroatoms. The minimum atomic E-state index is 0.857. The summed E-state index contributed by atoms with van der Waals surface area (Å²) < 4.78 is 0. The molecular weight excluding hydrogens is 460 g/mol. The molecule has 92 valence electrons. The molecule has 0 unspecified atom stereocenters. The van der Waals surface area contributed by atoms with Gasteiger partial charge in [-0.15, -0.1) is 0 Å². The molecule has 0 aromatic rings. The molecular formula is C12H20Se4. The second kappa shape index (κ2) is 13.0. The zero-order valence-electron chi connectivity index (χ0n) is 9.60. The summed E-state index contributed by atoms with van der Waals surface area (Å²) in [6, 6.07) is 0. The van der Waals surface area contributed by atoms with Crippen LogP contribution in [0.15, 0.2) is 23.2 Å². The maximum absolute atomic E-state index is 2.44. The van der Waals surface area contributed by atoms with E-state index in [-0.39, 0.29) is 0 Å². The third-order valence-corrected chi connectivity index (χ3v) is 39.3. The van der Waals surface area contributed by atoms with Gasteiger partial charge >= 0.3 is 122 Å². The van der Waals surface area contributed by atoms with E-state index in [1.165, 1.54) is 44.9 Å². The van der Waals surface area contributed by atoms with E-state index >= 15 is 0 Å². The van der Waals surface area contributed by atoms with Crippen molar-refractivity contribution < 1.29 is 0 Å². The van der Waals surface area contributed by atoms with Crippen molar-refractivity contribution in [2.75, 3.05) is 0 Å². The molecule has 0 aliphatic carbocycles. The van der Waals surface area contributed by atoms with Gasteiger partial charge in [-0.1, -0.05) is 0 Å². The third kappa shape index (κ3) is 10.7. The molecule has 0 amide bonds. The molecule has 0 aromatic carbocycles. The van der Waals surface area contributed by atoms with E-state index in [9.17, 15) is 0 Å². The molecule has 1 rings (SSSR count). The predicted molar refractivity (Wildman–Crippen MR) is 78.4 cm³/mol. The molecule has 0 nitrogen and oxygen atoms in total. The van der Waals surface area contributed by atoms with Gasteiger partial charge in [0.15, 0.2) is 0 Å². The van der Waals surface area contributed by atoms with Crippen LogP contribution in [0.1, 0.15) is 44.9 Å². The van der Waals surface area contributed by atoms with Crippen molar-refractivity contribution >= 4 is 48.9 Å². The van der Waals surface area contributed by atoms with Gasteiger partial charge in [0.2, 0.25) is 0 Å². The van der Waals surface area contributed by atoms with E-state index in [0.717, 1.165) is 48.9 Å². The fourth-order valence-corrected chi connectivity index (χ4v) is 38.3. The van der Waals surface area contributed by atoms with E-state index in [1.807, 2.05) is 0 Å². The number of allylic oxidation sites excluding steroid dienone is 3. The number of rotatable bonds is 0. The van der Waals surface area contributed by atoms with Crippen molar-refractivity contribution in [1.82, 2.24) is 0 Å². The van der Waals surface area contributed by atoms with Crippen LogP contribution >= 0.6 is 0 Å². The molecule has 0 radical (unpaired) electrons. The Morgan fingerprint density at radius 2 is 1.56 bits per heavy atom. The van der Waals surface area contributed by atoms with Gasteiger partial charge in [0.1, 0.15) is 0 Å². The Kier molecular flexibility index (Phi) is 12.7. The van der Waals surface area contributed by atoms with Gasteiger partial charge in [-0.2, -0.15) is 0 Å². The summed E-state index contributed by atoms with van der Waals surface area (Å²) in [6.07, 6.45) is 17.0. The van der Waals surface area contributed by atoms with E-state index < -0.39 is 0 Å². The van der Waals surface area contributed by atoms with Crippen LogP contribution in [-0.2, 0) is 0 Å². The second-order valence-electron chi connectivity index (χ2n) is 3.72. The normalized spacial score (nSPS) is 26.0. The Balaban J connectivity index is 2.15. The fraction of sp³-hybridized carbons (Fsp3) is 0.667. The summed E-state index contributed by atoms with van der Waals surface area (Å²) in [5, 5.41) is 1.58. The molecule has 0 saturated heterocycles. The molecule has 0 aromatic heterocycles. The Morgan fingerprint density at radius 1 is 0.750 bits per heavy atom. The van der Waals surface area contributed by atoms with Crippen LogP contribution in [0.5, 0.6) is 0 Å². The van der Waals surface area contributed by atoms with Crippen molar-refractivity contribution in [3.8, 4) is 0 Å². The van der Waals surface area contributed by atoms with Crippen LogP contribution in [0.2, 0.25) is 5.32 Å². The molecule has 1 aliphatic heterocycles. The first-order valence-corrected chi connectivity index (χ1v) is 21.1. The first-order chi connectivity index (χ1) is 8.00. The third-order valence-electron chi connectivity index (χ3n) is 2.34. The van der Waals surface area contributed by atoms with Crippen molar-refractivity contribution in [2.24, 2.45) is 0 Å². The summed E-state index contributed by atoms with van der Waals surface area (Å²) in [4.78, 5) is 2.44. The van der Waals surface area contributed by atoms with Crippen LogP contribution in [0.3, 0.4) is 0 Å². The Bertz CT molecular complexity index is 179. The molecule has 1 aliphatic rings. The van der Waals surface area contributed by atoms with Gasteiger partial charge in [-0.25, -0.2) is 0 Å². The first-order valence-electron chi connectivity index (χ1n) is 5.93. The second-order valence-corrected chi connectivity index (χ2v) is 29.7. The van der Waals surface area contributed by atoms with Crippen LogP contribution in [0.4, 0.5) is 0 Å². The van der Waals surface area contributed by atoms with E-state index in [1.54, 1.807) is 5.32 Å².